The van der Waals surface area contributed by atoms with Crippen LogP contribution in [0.3, 0.4) is 0 Å². The summed E-state index contributed by atoms with van der Waals surface area (Å²) in [6, 6.07) is 11.2. The molecule has 0 spiro atoms. The maximum atomic E-state index is 13.0. The average Bonchev–Trinajstić information content (AvgIpc) is 2.84. The van der Waals surface area contributed by atoms with Crippen molar-refractivity contribution in [2.75, 3.05) is 22.5 Å². The van der Waals surface area contributed by atoms with E-state index in [1.54, 1.807) is 12.4 Å². The molecule has 1 aliphatic carbocycles. The van der Waals surface area contributed by atoms with Gasteiger partial charge in [-0.3, -0.25) is 4.79 Å². The van der Waals surface area contributed by atoms with Crippen LogP contribution in [0.1, 0.15) is 48.2 Å². The van der Waals surface area contributed by atoms with Crippen LogP contribution in [0.2, 0.25) is 0 Å². The van der Waals surface area contributed by atoms with Crippen molar-refractivity contribution in [1.82, 2.24) is 15.0 Å². The largest absolute Gasteiger partial charge is 0.384 e. The molecule has 1 amide bonds. The van der Waals surface area contributed by atoms with Gasteiger partial charge in [0.1, 0.15) is 17.3 Å². The van der Waals surface area contributed by atoms with E-state index in [-0.39, 0.29) is 5.91 Å². The van der Waals surface area contributed by atoms with Gasteiger partial charge in [-0.05, 0) is 36.8 Å². The number of para-hydroxylation sites is 1. The van der Waals surface area contributed by atoms with Crippen molar-refractivity contribution in [1.29, 1.82) is 0 Å². The number of carbonyl (C=O) groups is 1. The molecule has 32 heavy (non-hydrogen) atoms. The Morgan fingerprint density at radius 1 is 1.00 bits per heavy atom. The zero-order valence-corrected chi connectivity index (χ0v) is 17.8. The fourth-order valence-electron chi connectivity index (χ4n) is 3.81. The number of hydrogen-bond acceptors (Lipinski definition) is 6. The minimum Gasteiger partial charge on any atom is -0.384 e. The Labute approximate surface area is 188 Å². The number of carbonyl (C=O) groups excluding carboxylic acids is 1. The van der Waals surface area contributed by atoms with Crippen molar-refractivity contribution in [2.45, 2.75) is 32.1 Å². The van der Waals surface area contributed by atoms with Crippen LogP contribution in [-0.4, -0.2) is 27.4 Å². The topological polar surface area (TPSA) is 91.8 Å². The lowest BCUT2D eigenvalue weighted by Gasteiger charge is -2.23. The fourth-order valence-corrected chi connectivity index (χ4v) is 3.81. The second-order valence-electron chi connectivity index (χ2n) is 7.88. The van der Waals surface area contributed by atoms with Crippen LogP contribution in [0.25, 0.3) is 0 Å². The van der Waals surface area contributed by atoms with E-state index >= 15 is 0 Å². The van der Waals surface area contributed by atoms with Gasteiger partial charge in [-0.25, -0.2) is 15.0 Å². The van der Waals surface area contributed by atoms with Crippen LogP contribution in [0.5, 0.6) is 0 Å². The van der Waals surface area contributed by atoms with Gasteiger partial charge in [0.05, 0.1) is 23.6 Å². The number of nitrogens with zero attached hydrogens (tertiary/aromatic N) is 3. The quantitative estimate of drug-likeness (QED) is 0.468. The molecule has 1 saturated carbocycles. The molecule has 2 heterocycles. The Kier molecular flexibility index (Phi) is 6.93. The van der Waals surface area contributed by atoms with E-state index in [1.807, 2.05) is 36.4 Å². The molecule has 1 aromatic carbocycles. The number of amides is 1. The Balaban J connectivity index is 1.54. The fraction of sp³-hybridized carbons (Fsp3) is 0.280. The van der Waals surface area contributed by atoms with E-state index < -0.39 is 0 Å². The number of anilines is 4. The van der Waals surface area contributed by atoms with E-state index in [2.05, 4.69) is 36.8 Å². The molecule has 0 atom stereocenters. The van der Waals surface area contributed by atoms with Crippen LogP contribution in [-0.2, 0) is 0 Å². The van der Waals surface area contributed by atoms with Gasteiger partial charge in [0.15, 0.2) is 0 Å². The predicted octanol–water partition coefficient (Wildman–Crippen LogP) is 4.84. The van der Waals surface area contributed by atoms with Crippen LogP contribution in [0, 0.1) is 18.3 Å². The minimum absolute atomic E-state index is 0.209. The van der Waals surface area contributed by atoms with Crippen molar-refractivity contribution >= 4 is 28.9 Å². The van der Waals surface area contributed by atoms with Crippen LogP contribution >= 0.6 is 0 Å². The summed E-state index contributed by atoms with van der Waals surface area (Å²) in [4.78, 5) is 25.8. The van der Waals surface area contributed by atoms with Gasteiger partial charge in [0.2, 0.25) is 0 Å². The molecule has 4 rings (SSSR count). The summed E-state index contributed by atoms with van der Waals surface area (Å²) in [6.07, 6.45) is 16.3. The lowest BCUT2D eigenvalue weighted by molar-refractivity contribution is 0.102. The molecule has 162 valence electrons. The maximum absolute atomic E-state index is 13.0. The highest BCUT2D eigenvalue weighted by molar-refractivity contribution is 6.08. The van der Waals surface area contributed by atoms with E-state index in [1.165, 1.54) is 38.3 Å². The number of aromatic nitrogens is 3. The number of terminal acetylenes is 1. The van der Waals surface area contributed by atoms with Gasteiger partial charge in [-0.2, -0.15) is 0 Å². The highest BCUT2D eigenvalue weighted by Crippen LogP contribution is 2.26. The average molecular weight is 427 g/mol. The summed E-state index contributed by atoms with van der Waals surface area (Å²) in [5.41, 5.74) is 2.42. The third-order valence-electron chi connectivity index (χ3n) is 5.54. The third-order valence-corrected chi connectivity index (χ3v) is 5.54. The molecular formula is C25H26N6O. The zero-order chi connectivity index (χ0) is 22.2. The number of pyridine rings is 1. The molecule has 0 radical (unpaired) electrons. The van der Waals surface area contributed by atoms with Crippen LogP contribution < -0.4 is 16.0 Å². The number of hydrogen-bond donors (Lipinski definition) is 3. The molecule has 7 heteroatoms. The Morgan fingerprint density at radius 3 is 2.50 bits per heavy atom. The molecule has 3 N–H and O–H groups in total. The Hall–Kier alpha value is -3.92. The van der Waals surface area contributed by atoms with E-state index in [0.717, 1.165) is 17.9 Å². The van der Waals surface area contributed by atoms with Gasteiger partial charge < -0.3 is 16.0 Å². The van der Waals surface area contributed by atoms with Gasteiger partial charge in [0, 0.05) is 24.5 Å². The highest BCUT2D eigenvalue weighted by Gasteiger charge is 2.17. The molecule has 0 unspecified atom stereocenters. The van der Waals surface area contributed by atoms with Crippen molar-refractivity contribution in [3.63, 3.8) is 0 Å². The normalized spacial score (nSPS) is 13.7. The molecule has 1 aliphatic rings. The summed E-state index contributed by atoms with van der Waals surface area (Å²) in [5, 5.41) is 9.55. The molecular weight excluding hydrogens is 400 g/mol. The first-order valence-electron chi connectivity index (χ1n) is 10.9. The first-order chi connectivity index (χ1) is 15.7. The predicted molar refractivity (Wildman–Crippen MR) is 127 cm³/mol. The van der Waals surface area contributed by atoms with Crippen molar-refractivity contribution in [2.24, 2.45) is 5.92 Å². The molecule has 7 nitrogen and oxygen atoms in total. The molecule has 3 aromatic rings. The van der Waals surface area contributed by atoms with Gasteiger partial charge in [-0.1, -0.05) is 37.5 Å². The van der Waals surface area contributed by atoms with E-state index in [0.29, 0.717) is 28.8 Å². The second-order valence-corrected chi connectivity index (χ2v) is 7.88. The lowest BCUT2D eigenvalue weighted by Crippen LogP contribution is -2.20. The summed E-state index contributed by atoms with van der Waals surface area (Å²) < 4.78 is 0. The Bertz CT molecular complexity index is 1090. The number of benzene rings is 1. The molecule has 0 bridgehead atoms. The van der Waals surface area contributed by atoms with Crippen molar-refractivity contribution in [3.8, 4) is 12.3 Å². The lowest BCUT2D eigenvalue weighted by atomic mass is 9.89. The first-order valence-corrected chi connectivity index (χ1v) is 10.9. The highest BCUT2D eigenvalue weighted by atomic mass is 16.1. The van der Waals surface area contributed by atoms with E-state index in [4.69, 9.17) is 6.42 Å². The number of nitrogens with one attached hydrogen (secondary N) is 3. The van der Waals surface area contributed by atoms with E-state index in [9.17, 15) is 4.79 Å². The van der Waals surface area contributed by atoms with Gasteiger partial charge in [0.25, 0.3) is 5.91 Å². The zero-order valence-electron chi connectivity index (χ0n) is 17.8. The first kappa shape index (κ1) is 21.3. The van der Waals surface area contributed by atoms with Crippen molar-refractivity contribution < 1.29 is 4.79 Å². The monoisotopic (exact) mass is 426 g/mol. The minimum atomic E-state index is -0.209. The SMILES string of the molecule is C#Cc1cnc(Nc2cc(NCC3CCCCC3)c(C(=O)Nc3ccccc3)cn2)cn1. The second kappa shape index (κ2) is 10.4. The van der Waals surface area contributed by atoms with Crippen LogP contribution in [0.4, 0.5) is 23.0 Å². The standard InChI is InChI=1S/C25H26N6O/c1-2-19-15-28-24(17-26-19)31-23-13-22(27-14-18-9-5-3-6-10-18)21(16-29-23)25(32)30-20-11-7-4-8-12-20/h1,4,7-8,11-13,15-18H,3,5-6,9-10,14H2,(H,30,32)(H2,27,28,29,31). The van der Waals surface area contributed by atoms with Gasteiger partial charge >= 0.3 is 0 Å². The molecule has 0 saturated heterocycles. The summed E-state index contributed by atoms with van der Waals surface area (Å²) in [6.45, 7) is 0.825. The smallest absolute Gasteiger partial charge is 0.259 e. The molecule has 0 aliphatic heterocycles. The number of rotatable bonds is 7. The van der Waals surface area contributed by atoms with Crippen molar-refractivity contribution in [3.05, 3.63) is 66.2 Å². The molecule has 2 aromatic heterocycles. The van der Waals surface area contributed by atoms with Gasteiger partial charge in [-0.15, -0.1) is 6.42 Å². The summed E-state index contributed by atoms with van der Waals surface area (Å²) in [5.74, 6) is 3.94. The van der Waals surface area contributed by atoms with Crippen LogP contribution in [0.15, 0.2) is 55.0 Å². The maximum Gasteiger partial charge on any atom is 0.259 e. The summed E-state index contributed by atoms with van der Waals surface area (Å²) >= 11 is 0. The summed E-state index contributed by atoms with van der Waals surface area (Å²) in [7, 11) is 0. The Morgan fingerprint density at radius 2 is 1.78 bits per heavy atom. The molecule has 1 fully saturated rings. The third kappa shape index (κ3) is 5.61.